The summed E-state index contributed by atoms with van der Waals surface area (Å²) in [7, 11) is -9.65. The fraction of sp³-hybridized carbons (Fsp3) is 0.424. The average molecular weight is 645 g/mol. The molecule has 1 unspecified atom stereocenters. The second-order valence-corrected chi connectivity index (χ2v) is 12.4. The monoisotopic (exact) mass is 644 g/mol. The van der Waals surface area contributed by atoms with Gasteiger partial charge >= 0.3 is 6.09 Å². The number of ether oxygens (including phenoxy) is 2. The summed E-state index contributed by atoms with van der Waals surface area (Å²) in [6.07, 6.45) is -10.3. The van der Waals surface area contributed by atoms with Crippen molar-refractivity contribution in [3.63, 3.8) is 0 Å². The van der Waals surface area contributed by atoms with Gasteiger partial charge in [-0.15, -0.1) is 0 Å². The molecule has 44 heavy (non-hydrogen) atoms. The zero-order valence-corrected chi connectivity index (χ0v) is 25.5. The zero-order valence-electron chi connectivity index (χ0n) is 38.6. The van der Waals surface area contributed by atoms with Gasteiger partial charge in [0.15, 0.2) is 11.6 Å². The Morgan fingerprint density at radius 2 is 1.82 bits per heavy atom. The van der Waals surface area contributed by atoms with Gasteiger partial charge in [0.2, 0.25) is 11.5 Å². The molecule has 0 bridgehead atoms. The number of amides is 1. The molecule has 11 heteroatoms. The minimum absolute atomic E-state index is 0.0599. The van der Waals surface area contributed by atoms with Crippen molar-refractivity contribution in [3.05, 3.63) is 89.7 Å². The van der Waals surface area contributed by atoms with Crippen molar-refractivity contribution in [1.82, 2.24) is 9.21 Å². The molecule has 3 atom stereocenters. The lowest BCUT2D eigenvalue weighted by Crippen LogP contribution is -2.58. The van der Waals surface area contributed by atoms with E-state index in [1.165, 1.54) is 12.1 Å². The lowest BCUT2D eigenvalue weighted by molar-refractivity contribution is 0.000532. The van der Waals surface area contributed by atoms with Crippen LogP contribution in [0.3, 0.4) is 0 Å². The number of rotatable bonds is 15. The summed E-state index contributed by atoms with van der Waals surface area (Å²) in [5.74, 6) is -4.84. The van der Waals surface area contributed by atoms with E-state index in [1.807, 2.05) is 0 Å². The molecule has 2 N–H and O–H groups in total. The van der Waals surface area contributed by atoms with Crippen LogP contribution < -0.4 is 9.47 Å². The Hall–Kier alpha value is -3.67. The predicted molar refractivity (Wildman–Crippen MR) is 167 cm³/mol. The van der Waals surface area contributed by atoms with Crippen LogP contribution in [-0.4, -0.2) is 73.1 Å². The lowest BCUT2D eigenvalue weighted by atomic mass is 9.94. The zero-order chi connectivity index (χ0) is 44.8. The van der Waals surface area contributed by atoms with Gasteiger partial charge < -0.3 is 19.7 Å². The first-order chi connectivity index (χ1) is 26.3. The normalized spacial score (nSPS) is 21.2. The van der Waals surface area contributed by atoms with E-state index in [1.54, 1.807) is 30.3 Å². The molecule has 0 heterocycles. The number of aliphatic hydroxyl groups is 1. The summed E-state index contributed by atoms with van der Waals surface area (Å²) in [6.45, 7) is -1.25. The third-order valence-corrected chi connectivity index (χ3v) is 7.09. The van der Waals surface area contributed by atoms with Crippen LogP contribution >= 0.6 is 0 Å². The van der Waals surface area contributed by atoms with Crippen molar-refractivity contribution in [1.29, 1.82) is 1.43 Å². The van der Waals surface area contributed by atoms with Crippen molar-refractivity contribution < 1.29 is 55.1 Å². The standard InChI is InChI=1S/C33H43FN2O7S/c1-23(2)20-35(44(40,41)27-16-17-31(42-6)28(34)19-27)21-30(37)29(36(32(38)39)33(3,4)5)18-24-12-14-26(15-13-24)43-22-25-10-8-7-9-11-25/h7-17,19,23,29-30,37H,18,20-22H2,1-6H3,(H,38,39)/t29-,30+/m0/s1/i6D3,16D,17D,18D2,19D,20D,21D2,29D,30D,37D/t20?,29-,30+. The highest BCUT2D eigenvalue weighted by Gasteiger charge is 2.39. The van der Waals surface area contributed by atoms with Gasteiger partial charge in [0, 0.05) is 25.4 Å². The first-order valence-electron chi connectivity index (χ1n) is 20.2. The van der Waals surface area contributed by atoms with Crippen LogP contribution in [0.2, 0.25) is 0 Å². The fourth-order valence-electron chi connectivity index (χ4n) is 3.70. The minimum Gasteiger partial charge on any atom is -0.494 e. The van der Waals surface area contributed by atoms with Gasteiger partial charge in [-0.2, -0.15) is 4.31 Å². The number of nitrogens with zero attached hydrogens (tertiary/aromatic N) is 2. The van der Waals surface area contributed by atoms with E-state index in [9.17, 15) is 26.5 Å². The summed E-state index contributed by atoms with van der Waals surface area (Å²) in [4.78, 5) is 11.2. The van der Waals surface area contributed by atoms with E-state index in [2.05, 4.69) is 9.85 Å². The molecule has 3 aromatic rings. The topological polar surface area (TPSA) is 117 Å². The first-order valence-corrected chi connectivity index (χ1v) is 14.6. The van der Waals surface area contributed by atoms with Crippen molar-refractivity contribution in [2.24, 2.45) is 5.92 Å². The lowest BCUT2D eigenvalue weighted by Gasteiger charge is -2.42. The molecule has 240 valence electrons. The van der Waals surface area contributed by atoms with Gasteiger partial charge in [0.25, 0.3) is 0 Å². The maximum atomic E-state index is 15.6. The van der Waals surface area contributed by atoms with E-state index in [0.29, 0.717) is 0 Å². The van der Waals surface area contributed by atoms with E-state index in [-0.39, 0.29) is 17.3 Å². The predicted octanol–water partition coefficient (Wildman–Crippen LogP) is 5.81. The average Bonchev–Trinajstić information content (AvgIpc) is 3.10. The second-order valence-electron chi connectivity index (χ2n) is 10.6. The number of hydrogen-bond donors (Lipinski definition) is 2. The highest BCUT2D eigenvalue weighted by atomic mass is 32.2. The Labute approximate surface area is 279 Å². The van der Waals surface area contributed by atoms with Crippen molar-refractivity contribution in [2.45, 2.75) is 70.1 Å². The van der Waals surface area contributed by atoms with Crippen molar-refractivity contribution >= 4 is 16.1 Å². The maximum absolute atomic E-state index is 15.6. The summed E-state index contributed by atoms with van der Waals surface area (Å²) in [5, 5.41) is 15.1. The number of benzene rings is 3. The van der Waals surface area contributed by atoms with Crippen LogP contribution in [0.4, 0.5) is 9.18 Å². The number of halogens is 1. The molecule has 0 saturated heterocycles. The SMILES string of the molecule is [2H]O[C@]([2H])(C([2H])([2H])N(C([2H])C(C)C)S(=O)(=O)c1c([2H])c([2H])c(OC([2H])([2H])[2H])c(F)c1[2H])[C@@]([2H])(N(C(=O)O)C(C)(C)C)C([2H])([2H])c1ccc(OCc2ccccc2)cc1. The van der Waals surface area contributed by atoms with Crippen LogP contribution in [-0.2, 0) is 23.0 Å². The first kappa shape index (κ1) is 19.7. The van der Waals surface area contributed by atoms with Gasteiger partial charge in [0.05, 0.1) is 35.0 Å². The molecule has 0 aromatic heterocycles. The Morgan fingerprint density at radius 1 is 1.14 bits per heavy atom. The third-order valence-electron chi connectivity index (χ3n) is 5.64. The van der Waals surface area contributed by atoms with Gasteiger partial charge in [-0.3, -0.25) is 4.90 Å². The van der Waals surface area contributed by atoms with Gasteiger partial charge in [-0.25, -0.2) is 17.6 Å². The molecule has 0 aliphatic heterocycles. The Morgan fingerprint density at radius 3 is 2.39 bits per heavy atom. The fourth-order valence-corrected chi connectivity index (χ4v) is 4.90. The van der Waals surface area contributed by atoms with E-state index in [4.69, 9.17) is 15.8 Å². The van der Waals surface area contributed by atoms with Gasteiger partial charge in [0.1, 0.15) is 12.4 Å². The van der Waals surface area contributed by atoms with Crippen LogP contribution in [0, 0.1) is 11.7 Å². The molecule has 3 aromatic carbocycles. The van der Waals surface area contributed by atoms with Crippen molar-refractivity contribution in [2.75, 3.05) is 20.1 Å². The molecule has 0 radical (unpaired) electrons. The Kier molecular flexibility index (Phi) is 6.65. The molecule has 0 aliphatic rings. The number of hydrogen-bond acceptors (Lipinski definition) is 6. The van der Waals surface area contributed by atoms with Crippen LogP contribution in [0.25, 0.3) is 0 Å². The Balaban J connectivity index is 2.44. The number of sulfonamides is 1. The quantitative estimate of drug-likeness (QED) is 0.215. The molecule has 3 rings (SSSR count). The van der Waals surface area contributed by atoms with Gasteiger partial charge in [-0.1, -0.05) is 56.3 Å². The second kappa shape index (κ2) is 14.9. The number of carboxylic acid groups (broad SMARTS) is 1. The van der Waals surface area contributed by atoms with Crippen LogP contribution in [0.15, 0.2) is 77.6 Å². The maximum Gasteiger partial charge on any atom is 0.408 e. The van der Waals surface area contributed by atoms with Crippen molar-refractivity contribution in [3.8, 4) is 11.5 Å². The highest BCUT2D eigenvalue weighted by Crippen LogP contribution is 2.28. The molecule has 0 aliphatic carbocycles. The molecule has 0 saturated carbocycles. The summed E-state index contributed by atoms with van der Waals surface area (Å²) in [5.41, 5.74) is -1.84. The van der Waals surface area contributed by atoms with E-state index in [0.717, 1.165) is 52.3 Å². The third kappa shape index (κ3) is 9.17. The van der Waals surface area contributed by atoms with Crippen LogP contribution in [0.1, 0.15) is 63.6 Å². The molecule has 0 fully saturated rings. The molecule has 1 amide bonds. The molecule has 0 spiro atoms. The van der Waals surface area contributed by atoms with E-state index >= 15 is 4.39 Å². The van der Waals surface area contributed by atoms with Gasteiger partial charge in [-0.05, 0) is 74.4 Å². The summed E-state index contributed by atoms with van der Waals surface area (Å²) >= 11 is 0. The smallest absolute Gasteiger partial charge is 0.408 e. The summed E-state index contributed by atoms with van der Waals surface area (Å²) in [6, 6.07) is 4.18. The molecular formula is C33H43FN2O7S. The number of carbonyl (C=O) groups is 1. The Bertz CT molecular complexity index is 2050. The molecule has 9 nitrogen and oxygen atoms in total. The highest BCUT2D eigenvalue weighted by molar-refractivity contribution is 7.89. The van der Waals surface area contributed by atoms with Crippen LogP contribution in [0.5, 0.6) is 11.5 Å². The largest absolute Gasteiger partial charge is 0.494 e. The minimum atomic E-state index is -6.18. The summed E-state index contributed by atoms with van der Waals surface area (Å²) < 4.78 is 174. The number of methoxy groups -OCH3 is 1. The molecular weight excluding hydrogens is 587 g/mol. The van der Waals surface area contributed by atoms with E-state index < -0.39 is 111 Å².